The number of carbonyl (C=O) groups is 2. The van der Waals surface area contributed by atoms with Crippen molar-refractivity contribution >= 4 is 35.0 Å². The van der Waals surface area contributed by atoms with Crippen LogP contribution in [-0.2, 0) is 9.59 Å². The van der Waals surface area contributed by atoms with Gasteiger partial charge in [-0.05, 0) is 18.6 Å². The van der Waals surface area contributed by atoms with Gasteiger partial charge in [0.05, 0.1) is 22.6 Å². The second-order valence-electron chi connectivity index (χ2n) is 6.05. The zero-order valence-corrected chi connectivity index (χ0v) is 14.3. The smallest absolute Gasteiger partial charge is 0.242 e. The molecule has 2 fully saturated rings. The van der Waals surface area contributed by atoms with Crippen LogP contribution in [0, 0.1) is 0 Å². The number of piperazine rings is 1. The zero-order chi connectivity index (χ0) is 16.7. The van der Waals surface area contributed by atoms with Crippen LogP contribution in [-0.4, -0.2) is 52.4 Å². The summed E-state index contributed by atoms with van der Waals surface area (Å²) in [4.78, 5) is 27.6. The summed E-state index contributed by atoms with van der Waals surface area (Å²) in [5, 5.41) is 10.9. The summed E-state index contributed by atoms with van der Waals surface area (Å²) in [6.45, 7) is 2.95. The summed E-state index contributed by atoms with van der Waals surface area (Å²) in [7, 11) is 0. The predicted molar refractivity (Wildman–Crippen MR) is 87.9 cm³/mol. The lowest BCUT2D eigenvalue weighted by Gasteiger charge is -2.36. The van der Waals surface area contributed by atoms with E-state index in [1.165, 1.54) is 6.07 Å². The minimum Gasteiger partial charge on any atom is -0.508 e. The molecule has 3 rings (SSSR count). The Kier molecular flexibility index (Phi) is 4.43. The van der Waals surface area contributed by atoms with E-state index in [-0.39, 0.29) is 36.1 Å². The van der Waals surface area contributed by atoms with Gasteiger partial charge in [0, 0.05) is 31.0 Å². The molecule has 2 heterocycles. The lowest BCUT2D eigenvalue weighted by molar-refractivity contribution is -0.146. The number of carbonyl (C=O) groups excluding carboxylic acids is 2. The molecule has 1 N–H and O–H groups in total. The number of nitrogens with zero attached hydrogens (tertiary/aromatic N) is 2. The SMILES string of the molecule is CCC(=O)N1CC(=O)N2C[C@@H](c3c(O)ccc(Cl)c3Cl)C[C@H]2C1. The van der Waals surface area contributed by atoms with Crippen molar-refractivity contribution in [3.8, 4) is 5.75 Å². The highest BCUT2D eigenvalue weighted by atomic mass is 35.5. The topological polar surface area (TPSA) is 60.9 Å². The molecule has 1 aromatic carbocycles. The second-order valence-corrected chi connectivity index (χ2v) is 6.84. The number of amides is 2. The van der Waals surface area contributed by atoms with Crippen LogP contribution in [0.1, 0.15) is 31.2 Å². The molecule has 2 atom stereocenters. The van der Waals surface area contributed by atoms with Crippen LogP contribution in [0.4, 0.5) is 0 Å². The van der Waals surface area contributed by atoms with E-state index in [0.29, 0.717) is 41.5 Å². The largest absolute Gasteiger partial charge is 0.508 e. The molecule has 0 unspecified atom stereocenters. The van der Waals surface area contributed by atoms with E-state index in [1.807, 2.05) is 0 Å². The van der Waals surface area contributed by atoms with Crippen molar-refractivity contribution < 1.29 is 14.7 Å². The van der Waals surface area contributed by atoms with Crippen molar-refractivity contribution in [3.63, 3.8) is 0 Å². The Balaban J connectivity index is 1.85. The number of fused-ring (bicyclic) bond motifs is 1. The molecule has 0 spiro atoms. The first-order valence-corrected chi connectivity index (χ1v) is 8.42. The number of phenols is 1. The number of halogens is 2. The van der Waals surface area contributed by atoms with E-state index in [0.717, 1.165) is 0 Å². The average molecular weight is 357 g/mol. The van der Waals surface area contributed by atoms with Gasteiger partial charge in [-0.2, -0.15) is 0 Å². The molecule has 2 amide bonds. The van der Waals surface area contributed by atoms with E-state index in [4.69, 9.17) is 23.2 Å². The van der Waals surface area contributed by atoms with Crippen LogP contribution in [0.15, 0.2) is 12.1 Å². The molecule has 5 nitrogen and oxygen atoms in total. The van der Waals surface area contributed by atoms with Crippen molar-refractivity contribution in [2.24, 2.45) is 0 Å². The monoisotopic (exact) mass is 356 g/mol. The van der Waals surface area contributed by atoms with Crippen LogP contribution < -0.4 is 0 Å². The van der Waals surface area contributed by atoms with Crippen molar-refractivity contribution in [2.45, 2.75) is 31.7 Å². The summed E-state index contributed by atoms with van der Waals surface area (Å²) >= 11 is 12.3. The Morgan fingerprint density at radius 3 is 2.78 bits per heavy atom. The lowest BCUT2D eigenvalue weighted by Crippen LogP contribution is -2.55. The highest BCUT2D eigenvalue weighted by Crippen LogP contribution is 2.43. The molecule has 124 valence electrons. The fourth-order valence-corrected chi connectivity index (χ4v) is 4.01. The molecule has 0 saturated carbocycles. The molecule has 0 aliphatic carbocycles. The number of rotatable bonds is 2. The number of phenolic OH excluding ortho intramolecular Hbond substituents is 1. The van der Waals surface area contributed by atoms with Crippen LogP contribution in [0.25, 0.3) is 0 Å². The molecule has 7 heteroatoms. The maximum Gasteiger partial charge on any atom is 0.242 e. The first-order valence-electron chi connectivity index (χ1n) is 7.66. The first kappa shape index (κ1) is 16.4. The highest BCUT2D eigenvalue weighted by molar-refractivity contribution is 6.42. The van der Waals surface area contributed by atoms with E-state index < -0.39 is 0 Å². The van der Waals surface area contributed by atoms with Gasteiger partial charge in [-0.3, -0.25) is 9.59 Å². The third-order valence-corrected chi connectivity index (χ3v) is 5.48. The maximum absolute atomic E-state index is 12.3. The van der Waals surface area contributed by atoms with E-state index in [2.05, 4.69) is 0 Å². The van der Waals surface area contributed by atoms with Gasteiger partial charge >= 0.3 is 0 Å². The summed E-state index contributed by atoms with van der Waals surface area (Å²) in [5.41, 5.74) is 0.592. The average Bonchev–Trinajstić information content (AvgIpc) is 2.94. The van der Waals surface area contributed by atoms with Gasteiger partial charge in [0.1, 0.15) is 5.75 Å². The Labute approximate surface area is 144 Å². The number of hydrogen-bond donors (Lipinski definition) is 1. The third-order valence-electron chi connectivity index (χ3n) is 4.67. The molecule has 2 aliphatic heterocycles. The van der Waals surface area contributed by atoms with Gasteiger partial charge in [0.15, 0.2) is 0 Å². The quantitative estimate of drug-likeness (QED) is 0.885. The molecule has 0 radical (unpaired) electrons. The molecule has 1 aromatic rings. The molecular weight excluding hydrogens is 339 g/mol. The van der Waals surface area contributed by atoms with Crippen LogP contribution in [0.2, 0.25) is 10.0 Å². The fraction of sp³-hybridized carbons (Fsp3) is 0.500. The summed E-state index contributed by atoms with van der Waals surface area (Å²) in [5.74, 6) is -0.0432. The third kappa shape index (κ3) is 2.88. The Bertz CT molecular complexity index is 665. The minimum absolute atomic E-state index is 0.00918. The number of benzene rings is 1. The Morgan fingerprint density at radius 1 is 1.35 bits per heavy atom. The van der Waals surface area contributed by atoms with Crippen molar-refractivity contribution in [1.82, 2.24) is 9.80 Å². The van der Waals surface area contributed by atoms with Crippen LogP contribution in [0.5, 0.6) is 5.75 Å². The first-order chi connectivity index (χ1) is 10.9. The van der Waals surface area contributed by atoms with Gasteiger partial charge in [-0.15, -0.1) is 0 Å². The zero-order valence-electron chi connectivity index (χ0n) is 12.8. The molecular formula is C16H18Cl2N2O3. The van der Waals surface area contributed by atoms with Crippen molar-refractivity contribution in [1.29, 1.82) is 0 Å². The fourth-order valence-electron chi connectivity index (χ4n) is 3.54. The molecule has 2 aliphatic rings. The van der Waals surface area contributed by atoms with E-state index >= 15 is 0 Å². The second kappa shape index (κ2) is 6.21. The molecule has 0 bridgehead atoms. The minimum atomic E-state index is -0.0770. The summed E-state index contributed by atoms with van der Waals surface area (Å²) < 4.78 is 0. The van der Waals surface area contributed by atoms with E-state index in [1.54, 1.807) is 22.8 Å². The van der Waals surface area contributed by atoms with Crippen LogP contribution in [0.3, 0.4) is 0 Å². The van der Waals surface area contributed by atoms with Gasteiger partial charge < -0.3 is 14.9 Å². The van der Waals surface area contributed by atoms with Gasteiger partial charge in [-0.25, -0.2) is 0 Å². The van der Waals surface area contributed by atoms with Crippen molar-refractivity contribution in [3.05, 3.63) is 27.7 Å². The predicted octanol–water partition coefficient (Wildman–Crippen LogP) is 2.64. The summed E-state index contributed by atoms with van der Waals surface area (Å²) in [6.07, 6.45) is 1.05. The standard InChI is InChI=1S/C16H18Cl2N2O3/c1-2-13(22)19-7-10-5-9(6-20(10)14(23)8-19)15-12(21)4-3-11(17)16(15)18/h3-4,9-10,21H,2,5-8H2,1H3/t9-,10-/m0/s1. The number of hydrogen-bond acceptors (Lipinski definition) is 3. The van der Waals surface area contributed by atoms with Crippen molar-refractivity contribution in [2.75, 3.05) is 19.6 Å². The molecule has 0 aromatic heterocycles. The van der Waals surface area contributed by atoms with Gasteiger partial charge in [0.2, 0.25) is 11.8 Å². The Hall–Kier alpha value is -1.46. The number of aromatic hydroxyl groups is 1. The highest BCUT2D eigenvalue weighted by Gasteiger charge is 2.42. The van der Waals surface area contributed by atoms with Gasteiger partial charge in [-0.1, -0.05) is 30.1 Å². The molecule has 2 saturated heterocycles. The Morgan fingerprint density at radius 2 is 2.09 bits per heavy atom. The lowest BCUT2D eigenvalue weighted by atomic mass is 9.95. The van der Waals surface area contributed by atoms with E-state index in [9.17, 15) is 14.7 Å². The maximum atomic E-state index is 12.3. The van der Waals surface area contributed by atoms with Gasteiger partial charge in [0.25, 0.3) is 0 Å². The molecule has 23 heavy (non-hydrogen) atoms. The van der Waals surface area contributed by atoms with Crippen LogP contribution >= 0.6 is 23.2 Å². The normalized spacial score (nSPS) is 24.0. The summed E-state index contributed by atoms with van der Waals surface area (Å²) in [6, 6.07) is 3.04.